The van der Waals surface area contributed by atoms with Crippen LogP contribution in [-0.2, 0) is 0 Å². The van der Waals surface area contributed by atoms with Crippen molar-refractivity contribution in [2.75, 3.05) is 4.90 Å². The number of imide groups is 1. The zero-order chi connectivity index (χ0) is 15.1. The quantitative estimate of drug-likeness (QED) is 0.770. The topological polar surface area (TPSA) is 77.5 Å². The second-order valence-corrected chi connectivity index (χ2v) is 4.47. The lowest BCUT2D eigenvalue weighted by Gasteiger charge is -2.13. The molecule has 1 aliphatic rings. The van der Waals surface area contributed by atoms with Crippen molar-refractivity contribution in [3.63, 3.8) is 0 Å². The molecule has 0 fully saturated rings. The number of aromatic carboxylic acids is 1. The third-order valence-electron chi connectivity index (χ3n) is 3.19. The summed E-state index contributed by atoms with van der Waals surface area (Å²) in [6.45, 7) is 0. The van der Waals surface area contributed by atoms with E-state index in [4.69, 9.17) is 0 Å². The number of amides is 2. The summed E-state index contributed by atoms with van der Waals surface area (Å²) in [4.78, 5) is 36.1. The van der Waals surface area contributed by atoms with Crippen molar-refractivity contribution in [3.05, 3.63) is 65.0 Å². The zero-order valence-corrected chi connectivity index (χ0v) is 10.5. The van der Waals surface area contributed by atoms with Crippen molar-refractivity contribution in [1.82, 2.24) is 0 Å². The summed E-state index contributed by atoms with van der Waals surface area (Å²) in [5.41, 5.74) is -0.0626. The summed E-state index contributed by atoms with van der Waals surface area (Å²) in [6, 6.07) is 8.57. The van der Waals surface area contributed by atoms with Crippen LogP contribution in [-0.4, -0.2) is 17.8 Å². The molecule has 0 bridgehead atoms. The molecule has 21 heavy (non-hydrogen) atoms. The number of carbonyl (C=O) groups is 3. The lowest BCUT2D eigenvalue weighted by atomic mass is 10.1. The first-order valence-corrected chi connectivity index (χ1v) is 5.99. The summed E-state index contributed by atoms with van der Waals surface area (Å²) in [5, 5.41) is 10.8. The molecule has 0 radical (unpaired) electrons. The van der Waals surface area contributed by atoms with Gasteiger partial charge in [0.05, 0.1) is 22.8 Å². The van der Waals surface area contributed by atoms with Crippen molar-refractivity contribution < 1.29 is 23.9 Å². The Kier molecular flexibility index (Phi) is 2.79. The molecule has 104 valence electrons. The molecule has 6 heteroatoms. The van der Waals surface area contributed by atoms with Crippen LogP contribution in [0.2, 0.25) is 0 Å². The van der Waals surface area contributed by atoms with Crippen LogP contribution in [0.5, 0.6) is 0 Å². The smallest absolute Gasteiger partial charge is 0.266 e. The Labute approximate surface area is 118 Å². The summed E-state index contributed by atoms with van der Waals surface area (Å²) < 4.78 is 13.2. The fourth-order valence-corrected chi connectivity index (χ4v) is 2.22. The van der Waals surface area contributed by atoms with Crippen molar-refractivity contribution in [3.8, 4) is 0 Å². The maximum Gasteiger partial charge on any atom is 0.266 e. The molecule has 2 aromatic rings. The van der Waals surface area contributed by atoms with Crippen LogP contribution in [0.3, 0.4) is 0 Å². The fraction of sp³-hybridized carbons (Fsp3) is 0. The number of hydrogen-bond acceptors (Lipinski definition) is 4. The number of halogens is 1. The molecule has 3 rings (SSSR count). The monoisotopic (exact) mass is 284 g/mol. The molecule has 2 amide bonds. The molecular formula is C15H7FNO4-. The largest absolute Gasteiger partial charge is 0.545 e. The van der Waals surface area contributed by atoms with E-state index in [9.17, 15) is 23.9 Å². The maximum atomic E-state index is 13.2. The molecule has 0 unspecified atom stereocenters. The van der Waals surface area contributed by atoms with Crippen molar-refractivity contribution >= 4 is 23.5 Å². The van der Waals surface area contributed by atoms with E-state index in [0.717, 1.165) is 17.0 Å². The third kappa shape index (κ3) is 1.97. The van der Waals surface area contributed by atoms with Gasteiger partial charge in [-0.15, -0.1) is 0 Å². The lowest BCUT2D eigenvalue weighted by Crippen LogP contribution is -2.29. The van der Waals surface area contributed by atoms with Crippen LogP contribution >= 0.6 is 0 Å². The maximum absolute atomic E-state index is 13.2. The first kappa shape index (κ1) is 13.0. The van der Waals surface area contributed by atoms with Crippen LogP contribution in [0, 0.1) is 5.82 Å². The van der Waals surface area contributed by atoms with Gasteiger partial charge in [0.15, 0.2) is 0 Å². The van der Waals surface area contributed by atoms with E-state index < -0.39 is 23.6 Å². The minimum absolute atomic E-state index is 0.0361. The predicted octanol–water partition coefficient (Wildman–Crippen LogP) is 0.990. The Morgan fingerprint density at radius 3 is 2.38 bits per heavy atom. The number of carboxylic acids is 1. The molecule has 0 spiro atoms. The van der Waals surface area contributed by atoms with Gasteiger partial charge in [0.1, 0.15) is 5.82 Å². The van der Waals surface area contributed by atoms with Gasteiger partial charge >= 0.3 is 0 Å². The van der Waals surface area contributed by atoms with Crippen LogP contribution in [0.25, 0.3) is 0 Å². The first-order chi connectivity index (χ1) is 9.99. The van der Waals surface area contributed by atoms with Gasteiger partial charge in [-0.2, -0.15) is 0 Å². The van der Waals surface area contributed by atoms with E-state index in [2.05, 4.69) is 0 Å². The minimum atomic E-state index is -1.44. The van der Waals surface area contributed by atoms with Gasteiger partial charge in [-0.05, 0) is 35.9 Å². The van der Waals surface area contributed by atoms with Gasteiger partial charge in [0.2, 0.25) is 0 Å². The number of nitrogens with zero attached hydrogens (tertiary/aromatic N) is 1. The van der Waals surface area contributed by atoms with E-state index in [-0.39, 0.29) is 22.4 Å². The van der Waals surface area contributed by atoms with Crippen molar-refractivity contribution in [2.45, 2.75) is 0 Å². The number of anilines is 1. The van der Waals surface area contributed by atoms with Crippen LogP contribution < -0.4 is 10.0 Å². The summed E-state index contributed by atoms with van der Waals surface area (Å²) in [7, 11) is 0. The zero-order valence-electron chi connectivity index (χ0n) is 10.5. The standard InChI is InChI=1S/C15H8FNO4/c16-9-2-1-3-10(7-9)17-13(18)11-5-4-8(15(20)21)6-12(11)14(17)19/h1-7H,(H,20,21)/p-1. The second-order valence-electron chi connectivity index (χ2n) is 4.47. The Bertz CT molecular complexity index is 800. The molecule has 0 saturated heterocycles. The van der Waals surface area contributed by atoms with E-state index in [1.165, 1.54) is 30.3 Å². The molecule has 1 heterocycles. The molecule has 2 aromatic carbocycles. The molecular weight excluding hydrogens is 277 g/mol. The van der Waals surface area contributed by atoms with Crippen LogP contribution in [0.1, 0.15) is 31.1 Å². The first-order valence-electron chi connectivity index (χ1n) is 5.99. The third-order valence-corrected chi connectivity index (χ3v) is 3.19. The Morgan fingerprint density at radius 2 is 1.71 bits per heavy atom. The average Bonchev–Trinajstić information content (AvgIpc) is 2.70. The molecule has 0 aromatic heterocycles. The average molecular weight is 284 g/mol. The Morgan fingerprint density at radius 1 is 1.00 bits per heavy atom. The molecule has 0 atom stereocenters. The van der Waals surface area contributed by atoms with Gasteiger partial charge < -0.3 is 9.90 Å². The number of carboxylic acid groups (broad SMARTS) is 1. The van der Waals surface area contributed by atoms with E-state index in [0.29, 0.717) is 0 Å². The highest BCUT2D eigenvalue weighted by Gasteiger charge is 2.36. The minimum Gasteiger partial charge on any atom is -0.545 e. The van der Waals surface area contributed by atoms with Crippen molar-refractivity contribution in [1.29, 1.82) is 0 Å². The number of fused-ring (bicyclic) bond motifs is 1. The second kappa shape index (κ2) is 4.52. The van der Waals surface area contributed by atoms with Crippen LogP contribution in [0.15, 0.2) is 42.5 Å². The highest BCUT2D eigenvalue weighted by Crippen LogP contribution is 2.29. The van der Waals surface area contributed by atoms with E-state index in [1.807, 2.05) is 0 Å². The van der Waals surface area contributed by atoms with Gasteiger partial charge in [-0.25, -0.2) is 9.29 Å². The van der Waals surface area contributed by atoms with Gasteiger partial charge in [-0.1, -0.05) is 12.1 Å². The summed E-state index contributed by atoms with van der Waals surface area (Å²) in [5.74, 6) is -3.34. The number of carbonyl (C=O) groups excluding carboxylic acids is 3. The summed E-state index contributed by atoms with van der Waals surface area (Å²) >= 11 is 0. The predicted molar refractivity (Wildman–Crippen MR) is 68.3 cm³/mol. The highest BCUT2D eigenvalue weighted by atomic mass is 19.1. The molecule has 0 saturated carbocycles. The Hall–Kier alpha value is -3.02. The SMILES string of the molecule is O=C([O-])c1ccc2c(c1)C(=O)N(c1cccc(F)c1)C2=O. The van der Waals surface area contributed by atoms with Crippen LogP contribution in [0.4, 0.5) is 10.1 Å². The van der Waals surface area contributed by atoms with E-state index >= 15 is 0 Å². The Balaban J connectivity index is 2.10. The lowest BCUT2D eigenvalue weighted by molar-refractivity contribution is -0.255. The molecule has 0 aliphatic carbocycles. The van der Waals surface area contributed by atoms with Gasteiger partial charge in [0.25, 0.3) is 11.8 Å². The molecule has 1 aliphatic heterocycles. The number of benzene rings is 2. The normalized spacial score (nSPS) is 13.5. The highest BCUT2D eigenvalue weighted by molar-refractivity contribution is 6.34. The fourth-order valence-electron chi connectivity index (χ4n) is 2.22. The van der Waals surface area contributed by atoms with Gasteiger partial charge in [-0.3, -0.25) is 9.59 Å². The van der Waals surface area contributed by atoms with Gasteiger partial charge in [0, 0.05) is 0 Å². The number of rotatable bonds is 2. The number of hydrogen-bond donors (Lipinski definition) is 0. The van der Waals surface area contributed by atoms with E-state index in [1.54, 1.807) is 0 Å². The molecule has 5 nitrogen and oxygen atoms in total. The summed E-state index contributed by atoms with van der Waals surface area (Å²) in [6.07, 6.45) is 0. The molecule has 0 N–H and O–H groups in total. The van der Waals surface area contributed by atoms with Crippen molar-refractivity contribution in [2.24, 2.45) is 0 Å².